The van der Waals surface area contributed by atoms with Gasteiger partial charge in [-0.2, -0.15) is 0 Å². The topological polar surface area (TPSA) is 26.0 Å². The van der Waals surface area contributed by atoms with E-state index in [2.05, 4.69) is 35.8 Å². The highest BCUT2D eigenvalue weighted by atomic mass is 79.9. The first-order valence-corrected chi connectivity index (χ1v) is 5.96. The molecule has 3 heteroatoms. The van der Waals surface area contributed by atoms with E-state index in [1.807, 2.05) is 23.9 Å². The molecule has 0 saturated carbocycles. The van der Waals surface area contributed by atoms with Crippen LogP contribution in [0.4, 0.5) is 0 Å². The highest BCUT2D eigenvalue weighted by molar-refractivity contribution is 9.10. The van der Waals surface area contributed by atoms with Crippen LogP contribution in [0.15, 0.2) is 27.6 Å². The fourth-order valence-corrected chi connectivity index (χ4v) is 2.76. The minimum absolute atomic E-state index is 0.594. The molecule has 0 fully saturated rings. The second kappa shape index (κ2) is 5.03. The number of hydrogen-bond donors (Lipinski definition) is 1. The lowest BCUT2D eigenvalue weighted by atomic mass is 10.2. The van der Waals surface area contributed by atoms with E-state index in [-0.39, 0.29) is 0 Å². The Hall–Kier alpha value is 0.01000. The van der Waals surface area contributed by atoms with Gasteiger partial charge in [0.1, 0.15) is 0 Å². The van der Waals surface area contributed by atoms with E-state index in [9.17, 15) is 0 Å². The summed E-state index contributed by atoms with van der Waals surface area (Å²) >= 11 is 5.36. The molecule has 1 rings (SSSR count). The SMILES string of the molecule is CC(C)Sc1cccc(Br)c1CN. The second-order valence-electron chi connectivity index (χ2n) is 3.09. The van der Waals surface area contributed by atoms with Crippen molar-refractivity contribution in [3.05, 3.63) is 28.2 Å². The molecular weight excluding hydrogens is 246 g/mol. The summed E-state index contributed by atoms with van der Waals surface area (Å²) in [6.07, 6.45) is 0. The number of rotatable bonds is 3. The van der Waals surface area contributed by atoms with Gasteiger partial charge in [-0.3, -0.25) is 0 Å². The molecule has 0 aromatic heterocycles. The highest BCUT2D eigenvalue weighted by Gasteiger charge is 2.06. The number of hydrogen-bond acceptors (Lipinski definition) is 2. The molecule has 1 nitrogen and oxygen atoms in total. The van der Waals surface area contributed by atoms with Gasteiger partial charge in [0, 0.05) is 21.2 Å². The largest absolute Gasteiger partial charge is 0.326 e. The van der Waals surface area contributed by atoms with Crippen LogP contribution in [0.5, 0.6) is 0 Å². The molecule has 0 amide bonds. The van der Waals surface area contributed by atoms with Crippen molar-refractivity contribution in [2.45, 2.75) is 30.5 Å². The highest BCUT2D eigenvalue weighted by Crippen LogP contribution is 2.30. The fourth-order valence-electron chi connectivity index (χ4n) is 1.10. The molecule has 0 radical (unpaired) electrons. The van der Waals surface area contributed by atoms with Gasteiger partial charge in [0.25, 0.3) is 0 Å². The first kappa shape index (κ1) is 11.1. The first-order chi connectivity index (χ1) is 6.15. The predicted octanol–water partition coefficient (Wildman–Crippen LogP) is 3.41. The van der Waals surface area contributed by atoms with Crippen molar-refractivity contribution in [1.29, 1.82) is 0 Å². The van der Waals surface area contributed by atoms with Crippen molar-refractivity contribution in [3.8, 4) is 0 Å². The maximum absolute atomic E-state index is 5.68. The molecule has 0 bridgehead atoms. The van der Waals surface area contributed by atoms with Gasteiger partial charge < -0.3 is 5.73 Å². The number of thioether (sulfide) groups is 1. The van der Waals surface area contributed by atoms with Gasteiger partial charge in [-0.15, -0.1) is 11.8 Å². The lowest BCUT2D eigenvalue weighted by Gasteiger charge is -2.11. The van der Waals surface area contributed by atoms with E-state index in [1.165, 1.54) is 10.5 Å². The molecular formula is C10H14BrNS. The van der Waals surface area contributed by atoms with Crippen LogP contribution in [-0.4, -0.2) is 5.25 Å². The monoisotopic (exact) mass is 259 g/mol. The van der Waals surface area contributed by atoms with Crippen LogP contribution >= 0.6 is 27.7 Å². The third-order valence-electron chi connectivity index (χ3n) is 1.64. The molecule has 2 N–H and O–H groups in total. The molecule has 0 aliphatic heterocycles. The van der Waals surface area contributed by atoms with Crippen molar-refractivity contribution < 1.29 is 0 Å². The maximum atomic E-state index is 5.68. The standard InChI is InChI=1S/C10H14BrNS/c1-7(2)13-10-5-3-4-9(11)8(10)6-12/h3-5,7H,6,12H2,1-2H3. The number of nitrogens with two attached hydrogens (primary N) is 1. The molecule has 13 heavy (non-hydrogen) atoms. The van der Waals surface area contributed by atoms with Crippen molar-refractivity contribution >= 4 is 27.7 Å². The molecule has 0 aliphatic carbocycles. The van der Waals surface area contributed by atoms with Gasteiger partial charge >= 0.3 is 0 Å². The number of benzene rings is 1. The van der Waals surface area contributed by atoms with Crippen molar-refractivity contribution in [1.82, 2.24) is 0 Å². The Morgan fingerprint density at radius 2 is 2.15 bits per heavy atom. The average Bonchev–Trinajstić information content (AvgIpc) is 2.03. The molecule has 0 saturated heterocycles. The quantitative estimate of drug-likeness (QED) is 0.843. The maximum Gasteiger partial charge on any atom is 0.0231 e. The zero-order chi connectivity index (χ0) is 9.84. The van der Waals surface area contributed by atoms with Crippen molar-refractivity contribution in [2.75, 3.05) is 0 Å². The van der Waals surface area contributed by atoms with Crippen LogP contribution in [0.1, 0.15) is 19.4 Å². The molecule has 72 valence electrons. The normalized spacial score (nSPS) is 10.8. The summed E-state index contributed by atoms with van der Waals surface area (Å²) < 4.78 is 1.11. The van der Waals surface area contributed by atoms with Crippen molar-refractivity contribution in [3.63, 3.8) is 0 Å². The summed E-state index contributed by atoms with van der Waals surface area (Å²) in [5.41, 5.74) is 6.89. The van der Waals surface area contributed by atoms with Crippen LogP contribution in [0.3, 0.4) is 0 Å². The first-order valence-electron chi connectivity index (χ1n) is 4.29. The van der Waals surface area contributed by atoms with Gasteiger partial charge in [0.2, 0.25) is 0 Å². The van der Waals surface area contributed by atoms with Gasteiger partial charge in [0.15, 0.2) is 0 Å². The second-order valence-corrected chi connectivity index (χ2v) is 5.56. The van der Waals surface area contributed by atoms with E-state index in [4.69, 9.17) is 5.73 Å². The summed E-state index contributed by atoms with van der Waals surface area (Å²) in [4.78, 5) is 1.28. The molecule has 0 atom stereocenters. The zero-order valence-electron chi connectivity index (χ0n) is 7.88. The molecule has 0 heterocycles. The summed E-state index contributed by atoms with van der Waals surface area (Å²) in [5, 5.41) is 0.597. The van der Waals surface area contributed by atoms with Crippen molar-refractivity contribution in [2.24, 2.45) is 5.73 Å². The average molecular weight is 260 g/mol. The molecule has 1 aromatic rings. The zero-order valence-corrected chi connectivity index (χ0v) is 10.3. The third kappa shape index (κ3) is 3.01. The Morgan fingerprint density at radius 3 is 2.69 bits per heavy atom. The Balaban J connectivity index is 2.98. The van der Waals surface area contributed by atoms with Crippen LogP contribution < -0.4 is 5.73 Å². The summed E-state index contributed by atoms with van der Waals surface area (Å²) in [6.45, 7) is 4.97. The molecule has 0 spiro atoms. The van der Waals surface area contributed by atoms with Crippen LogP contribution in [-0.2, 0) is 6.54 Å². The molecule has 1 aromatic carbocycles. The summed E-state index contributed by atoms with van der Waals surface area (Å²) in [5.74, 6) is 0. The predicted molar refractivity (Wildman–Crippen MR) is 63.0 cm³/mol. The van der Waals surface area contributed by atoms with Crippen LogP contribution in [0.25, 0.3) is 0 Å². The lowest BCUT2D eigenvalue weighted by molar-refractivity contribution is 1.01. The lowest BCUT2D eigenvalue weighted by Crippen LogP contribution is -2.00. The van der Waals surface area contributed by atoms with Gasteiger partial charge in [-0.05, 0) is 17.7 Å². The van der Waals surface area contributed by atoms with E-state index in [0.29, 0.717) is 11.8 Å². The van der Waals surface area contributed by atoms with E-state index in [1.54, 1.807) is 0 Å². The van der Waals surface area contributed by atoms with Crippen LogP contribution in [0.2, 0.25) is 0 Å². The Labute approximate surface area is 92.2 Å². The fraction of sp³-hybridized carbons (Fsp3) is 0.400. The van der Waals surface area contributed by atoms with E-state index >= 15 is 0 Å². The minimum atomic E-state index is 0.594. The summed E-state index contributed by atoms with van der Waals surface area (Å²) in [6, 6.07) is 6.21. The van der Waals surface area contributed by atoms with Gasteiger partial charge in [-0.25, -0.2) is 0 Å². The Bertz CT molecular complexity index is 286. The minimum Gasteiger partial charge on any atom is -0.326 e. The van der Waals surface area contributed by atoms with Gasteiger partial charge in [-0.1, -0.05) is 35.8 Å². The smallest absolute Gasteiger partial charge is 0.0231 e. The van der Waals surface area contributed by atoms with E-state index < -0.39 is 0 Å². The molecule has 0 unspecified atom stereocenters. The summed E-state index contributed by atoms with van der Waals surface area (Å²) in [7, 11) is 0. The Kier molecular flexibility index (Phi) is 4.29. The van der Waals surface area contributed by atoms with Gasteiger partial charge in [0.05, 0.1) is 0 Å². The molecule has 0 aliphatic rings. The third-order valence-corrected chi connectivity index (χ3v) is 3.49. The van der Waals surface area contributed by atoms with E-state index in [0.717, 1.165) is 4.47 Å². The van der Waals surface area contributed by atoms with Crippen LogP contribution in [0, 0.1) is 0 Å². The number of halogens is 1. The Morgan fingerprint density at radius 1 is 1.46 bits per heavy atom.